The molecule has 6 rings (SSSR count). The number of carbonyl (C=O) groups excluding carboxylic acids is 2. The normalized spacial score (nSPS) is 11.2. The van der Waals surface area contributed by atoms with Gasteiger partial charge in [-0.1, -0.05) is 71.0 Å². The third kappa shape index (κ3) is 7.22. The van der Waals surface area contributed by atoms with Crippen molar-refractivity contribution in [1.29, 1.82) is 0 Å². The molecular formula is C36H34N4O4S. The van der Waals surface area contributed by atoms with E-state index in [4.69, 9.17) is 14.8 Å². The standard InChI is InChI=1S/C36H34N4O4S/c1-23-16-24(2)18-25(17-23)19-34(42)38-30-7-4-3-6-27(30)20-35(43)37-28-10-8-26(9-11-28)31-22-40-32-21-29(44-15-5-14-41)12-13-33(32)45-36(40)39-31/h3-4,6-13,16-18,21-22,41H,5,14-15,19-20H2,1-2H3,(H,37,43)(H,38,42). The summed E-state index contributed by atoms with van der Waals surface area (Å²) in [7, 11) is 0. The van der Waals surface area contributed by atoms with Gasteiger partial charge in [0.15, 0.2) is 4.96 Å². The van der Waals surface area contributed by atoms with Gasteiger partial charge < -0.3 is 20.5 Å². The molecule has 6 aromatic rings. The molecule has 3 N–H and O–H groups in total. The third-order valence-corrected chi connectivity index (χ3v) is 8.42. The lowest BCUT2D eigenvalue weighted by molar-refractivity contribution is -0.116. The molecule has 0 fully saturated rings. The quantitative estimate of drug-likeness (QED) is 0.136. The van der Waals surface area contributed by atoms with Crippen molar-refractivity contribution in [2.75, 3.05) is 23.8 Å². The van der Waals surface area contributed by atoms with E-state index in [9.17, 15) is 9.59 Å². The fourth-order valence-electron chi connectivity index (χ4n) is 5.41. The second-order valence-electron chi connectivity index (χ2n) is 11.1. The summed E-state index contributed by atoms with van der Waals surface area (Å²) >= 11 is 1.61. The van der Waals surface area contributed by atoms with Gasteiger partial charge in [0.2, 0.25) is 11.8 Å². The van der Waals surface area contributed by atoms with E-state index in [1.165, 1.54) is 0 Å². The Balaban J connectivity index is 1.09. The van der Waals surface area contributed by atoms with Crippen LogP contribution >= 0.6 is 11.3 Å². The molecular weight excluding hydrogens is 584 g/mol. The Hall–Kier alpha value is -4.99. The molecule has 0 saturated carbocycles. The predicted octanol–water partition coefficient (Wildman–Crippen LogP) is 6.96. The average Bonchev–Trinajstić information content (AvgIpc) is 3.56. The molecule has 228 valence electrons. The number of aliphatic hydroxyl groups excluding tert-OH is 1. The lowest BCUT2D eigenvalue weighted by Crippen LogP contribution is -2.18. The zero-order chi connectivity index (χ0) is 31.3. The highest BCUT2D eigenvalue weighted by Crippen LogP contribution is 2.32. The number of aliphatic hydroxyl groups is 1. The van der Waals surface area contributed by atoms with Crippen LogP contribution in [-0.4, -0.2) is 39.5 Å². The lowest BCUT2D eigenvalue weighted by atomic mass is 10.0. The van der Waals surface area contributed by atoms with Gasteiger partial charge >= 0.3 is 0 Å². The van der Waals surface area contributed by atoms with Gasteiger partial charge in [-0.3, -0.25) is 14.0 Å². The molecule has 4 aromatic carbocycles. The number of imidazole rings is 1. The van der Waals surface area contributed by atoms with Crippen molar-refractivity contribution in [3.63, 3.8) is 0 Å². The smallest absolute Gasteiger partial charge is 0.228 e. The zero-order valence-corrected chi connectivity index (χ0v) is 26.0. The van der Waals surface area contributed by atoms with Crippen LogP contribution in [0.1, 0.15) is 28.7 Å². The van der Waals surface area contributed by atoms with Gasteiger partial charge in [0.25, 0.3) is 0 Å². The van der Waals surface area contributed by atoms with Gasteiger partial charge in [-0.25, -0.2) is 4.98 Å². The Labute approximate surface area is 265 Å². The van der Waals surface area contributed by atoms with Gasteiger partial charge in [0, 0.05) is 42.2 Å². The molecule has 0 aliphatic rings. The first kappa shape index (κ1) is 30.1. The predicted molar refractivity (Wildman–Crippen MR) is 180 cm³/mol. The number of hydrogen-bond donors (Lipinski definition) is 3. The number of amides is 2. The van der Waals surface area contributed by atoms with Crippen LogP contribution in [0.5, 0.6) is 5.75 Å². The first-order valence-electron chi connectivity index (χ1n) is 14.8. The van der Waals surface area contributed by atoms with Crippen LogP contribution in [0.15, 0.2) is 91.1 Å². The third-order valence-electron chi connectivity index (χ3n) is 7.39. The fourth-order valence-corrected chi connectivity index (χ4v) is 6.40. The number of rotatable bonds is 11. The Morgan fingerprint density at radius 3 is 2.42 bits per heavy atom. The molecule has 0 aliphatic carbocycles. The van der Waals surface area contributed by atoms with Crippen LogP contribution < -0.4 is 15.4 Å². The second-order valence-corrected chi connectivity index (χ2v) is 12.1. The molecule has 9 heteroatoms. The number of ether oxygens (including phenoxy) is 1. The highest BCUT2D eigenvalue weighted by Gasteiger charge is 2.14. The molecule has 45 heavy (non-hydrogen) atoms. The maximum Gasteiger partial charge on any atom is 0.228 e. The minimum Gasteiger partial charge on any atom is -0.493 e. The first-order chi connectivity index (χ1) is 21.8. The molecule has 0 radical (unpaired) electrons. The summed E-state index contributed by atoms with van der Waals surface area (Å²) in [5, 5.41) is 15.0. The van der Waals surface area contributed by atoms with E-state index in [-0.39, 0.29) is 31.3 Å². The average molecular weight is 619 g/mol. The Kier molecular flexibility index (Phi) is 8.91. The number of hydrogen-bond acceptors (Lipinski definition) is 6. The van der Waals surface area contributed by atoms with E-state index in [2.05, 4.69) is 21.1 Å². The van der Waals surface area contributed by atoms with Gasteiger partial charge in [-0.15, -0.1) is 0 Å². The summed E-state index contributed by atoms with van der Waals surface area (Å²) in [5.41, 5.74) is 8.04. The minimum atomic E-state index is -0.176. The minimum absolute atomic E-state index is 0.0983. The van der Waals surface area contributed by atoms with Crippen molar-refractivity contribution in [2.24, 2.45) is 0 Å². The summed E-state index contributed by atoms with van der Waals surface area (Å²) < 4.78 is 8.92. The number of nitrogens with zero attached hydrogens (tertiary/aromatic N) is 2. The van der Waals surface area contributed by atoms with E-state index >= 15 is 0 Å². The van der Waals surface area contributed by atoms with Crippen molar-refractivity contribution in [1.82, 2.24) is 9.38 Å². The SMILES string of the molecule is Cc1cc(C)cc(CC(=O)Nc2ccccc2CC(=O)Nc2ccc(-c3cn4c(n3)sc3ccc(OCCCO)cc34)cc2)c1. The van der Waals surface area contributed by atoms with Crippen LogP contribution in [0.2, 0.25) is 0 Å². The molecule has 0 aliphatic heterocycles. The molecule has 2 heterocycles. The van der Waals surface area contributed by atoms with Gasteiger partial charge in [-0.05, 0) is 55.3 Å². The molecule has 8 nitrogen and oxygen atoms in total. The number of benzene rings is 4. The van der Waals surface area contributed by atoms with Crippen LogP contribution in [0.3, 0.4) is 0 Å². The number of thiazole rings is 1. The number of anilines is 2. The maximum atomic E-state index is 13.0. The zero-order valence-electron chi connectivity index (χ0n) is 25.2. The van der Waals surface area contributed by atoms with E-state index < -0.39 is 0 Å². The molecule has 0 saturated heterocycles. The van der Waals surface area contributed by atoms with Crippen molar-refractivity contribution < 1.29 is 19.4 Å². The van der Waals surface area contributed by atoms with E-state index in [1.54, 1.807) is 11.3 Å². The number of aromatic nitrogens is 2. The topological polar surface area (TPSA) is 105 Å². The first-order valence-corrected chi connectivity index (χ1v) is 15.7. The van der Waals surface area contributed by atoms with Crippen LogP contribution in [0.4, 0.5) is 11.4 Å². The Bertz CT molecular complexity index is 1970. The number of fused-ring (bicyclic) bond motifs is 3. The van der Waals surface area contributed by atoms with Gasteiger partial charge in [0.1, 0.15) is 5.75 Å². The van der Waals surface area contributed by atoms with Gasteiger partial charge in [0.05, 0.1) is 35.4 Å². The number of carbonyl (C=O) groups is 2. The number of nitrogens with one attached hydrogen (secondary N) is 2. The fraction of sp³-hybridized carbons (Fsp3) is 0.194. The molecule has 0 spiro atoms. The molecule has 2 amide bonds. The second kappa shape index (κ2) is 13.3. The van der Waals surface area contributed by atoms with E-state index in [0.29, 0.717) is 24.4 Å². The van der Waals surface area contributed by atoms with Crippen molar-refractivity contribution >= 4 is 49.7 Å². The summed E-state index contributed by atoms with van der Waals surface area (Å²) in [6, 6.07) is 27.1. The van der Waals surface area contributed by atoms with Crippen molar-refractivity contribution in [3.05, 3.63) is 113 Å². The molecule has 0 unspecified atom stereocenters. The van der Waals surface area contributed by atoms with Gasteiger partial charge in [-0.2, -0.15) is 0 Å². The highest BCUT2D eigenvalue weighted by atomic mass is 32.1. The number of aryl methyl sites for hydroxylation is 2. The Morgan fingerprint density at radius 2 is 1.64 bits per heavy atom. The van der Waals surface area contributed by atoms with Crippen molar-refractivity contribution in [2.45, 2.75) is 33.1 Å². The van der Waals surface area contributed by atoms with E-state index in [0.717, 1.165) is 54.4 Å². The summed E-state index contributed by atoms with van der Waals surface area (Å²) in [5.74, 6) is 0.459. The van der Waals surface area contributed by atoms with E-state index in [1.807, 2.05) is 98.9 Å². The molecule has 0 bridgehead atoms. The van der Waals surface area contributed by atoms with Crippen molar-refractivity contribution in [3.8, 4) is 17.0 Å². The summed E-state index contributed by atoms with van der Waals surface area (Å²) in [6.07, 6.45) is 2.98. The monoisotopic (exact) mass is 618 g/mol. The molecule has 0 atom stereocenters. The molecule has 2 aromatic heterocycles. The summed E-state index contributed by atoms with van der Waals surface area (Å²) in [4.78, 5) is 31.5. The Morgan fingerprint density at radius 1 is 0.889 bits per heavy atom. The summed E-state index contributed by atoms with van der Waals surface area (Å²) in [6.45, 7) is 4.60. The van der Waals surface area contributed by atoms with Crippen LogP contribution in [-0.2, 0) is 22.4 Å². The lowest BCUT2D eigenvalue weighted by Gasteiger charge is -2.12. The largest absolute Gasteiger partial charge is 0.493 e. The highest BCUT2D eigenvalue weighted by molar-refractivity contribution is 7.23. The van der Waals surface area contributed by atoms with Crippen LogP contribution in [0, 0.1) is 13.8 Å². The number of para-hydroxylation sites is 1. The van der Waals surface area contributed by atoms with Crippen LogP contribution in [0.25, 0.3) is 26.4 Å². The maximum absolute atomic E-state index is 13.0.